The summed E-state index contributed by atoms with van der Waals surface area (Å²) in [6.07, 6.45) is 0. The smallest absolute Gasteiger partial charge is 0.340 e. The minimum Gasteiger partial charge on any atom is -0.478 e. The molecule has 0 spiro atoms. The molecule has 96 valence electrons. The van der Waals surface area contributed by atoms with Gasteiger partial charge in [-0.15, -0.1) is 0 Å². The maximum atomic E-state index is 11.4. The second-order valence-corrected chi connectivity index (χ2v) is 4.46. The largest absolute Gasteiger partial charge is 0.478 e. The summed E-state index contributed by atoms with van der Waals surface area (Å²) in [6, 6.07) is 17.8. The van der Waals surface area contributed by atoms with Gasteiger partial charge in [-0.1, -0.05) is 48.5 Å². The van der Waals surface area contributed by atoms with Gasteiger partial charge < -0.3 is 9.84 Å². The topological polar surface area (TPSA) is 46.5 Å². The number of halogens is 1. The van der Waals surface area contributed by atoms with Gasteiger partial charge in [0.05, 0.1) is 0 Å². The van der Waals surface area contributed by atoms with E-state index in [1.807, 2.05) is 24.3 Å². The van der Waals surface area contributed by atoms with Crippen LogP contribution in [-0.4, -0.2) is 11.1 Å². The van der Waals surface area contributed by atoms with Crippen molar-refractivity contribution in [2.45, 2.75) is 0 Å². The molecule has 2 aromatic carbocycles. The van der Waals surface area contributed by atoms with Crippen LogP contribution in [0, 0.1) is 0 Å². The van der Waals surface area contributed by atoms with Crippen molar-refractivity contribution in [3.63, 3.8) is 0 Å². The summed E-state index contributed by atoms with van der Waals surface area (Å²) in [7, 11) is 0. The summed E-state index contributed by atoms with van der Waals surface area (Å²) in [5, 5.41) is 9.31. The molecule has 0 aliphatic heterocycles. The first kappa shape index (κ1) is 13.4. The zero-order valence-electron chi connectivity index (χ0n) is 9.92. The highest BCUT2D eigenvalue weighted by Crippen LogP contribution is 2.26. The molecule has 0 atom stereocenters. The Hall–Kier alpha value is -2.07. The fourth-order valence-corrected chi connectivity index (χ4v) is 2.15. The maximum Gasteiger partial charge on any atom is 0.340 e. The average Bonchev–Trinajstić information content (AvgIpc) is 2.40. The van der Waals surface area contributed by atoms with Crippen LogP contribution in [0.5, 0.6) is 5.75 Å². The third-order valence-corrected chi connectivity index (χ3v) is 2.98. The van der Waals surface area contributed by atoms with Gasteiger partial charge in [0.25, 0.3) is 0 Å². The van der Waals surface area contributed by atoms with Crippen molar-refractivity contribution in [2.75, 3.05) is 0 Å². The molecule has 0 radical (unpaired) electrons. The van der Waals surface area contributed by atoms with E-state index in [2.05, 4.69) is 15.9 Å². The summed E-state index contributed by atoms with van der Waals surface area (Å²) >= 11 is 3.19. The van der Waals surface area contributed by atoms with Gasteiger partial charge in [0.1, 0.15) is 11.3 Å². The zero-order chi connectivity index (χ0) is 13.7. The van der Waals surface area contributed by atoms with Crippen LogP contribution in [0.4, 0.5) is 0 Å². The lowest BCUT2D eigenvalue weighted by Gasteiger charge is -2.08. The lowest BCUT2D eigenvalue weighted by atomic mass is 10.1. The third-order valence-electron chi connectivity index (χ3n) is 2.42. The highest BCUT2D eigenvalue weighted by molar-refractivity contribution is 9.11. The number of para-hydroxylation sites is 1. The van der Waals surface area contributed by atoms with Crippen molar-refractivity contribution >= 4 is 27.5 Å². The fourth-order valence-electron chi connectivity index (χ4n) is 1.57. The van der Waals surface area contributed by atoms with Gasteiger partial charge in [-0.3, -0.25) is 0 Å². The number of rotatable bonds is 4. The van der Waals surface area contributed by atoms with Gasteiger partial charge in [0.15, 0.2) is 4.67 Å². The van der Waals surface area contributed by atoms with E-state index in [9.17, 15) is 9.90 Å². The molecule has 0 saturated carbocycles. The Kier molecular flexibility index (Phi) is 4.36. The van der Waals surface area contributed by atoms with Gasteiger partial charge in [0.2, 0.25) is 0 Å². The van der Waals surface area contributed by atoms with Crippen LogP contribution in [0.25, 0.3) is 5.57 Å². The third kappa shape index (κ3) is 3.45. The predicted molar refractivity (Wildman–Crippen MR) is 77.0 cm³/mol. The van der Waals surface area contributed by atoms with E-state index in [0.29, 0.717) is 11.3 Å². The Morgan fingerprint density at radius 1 is 0.947 bits per heavy atom. The van der Waals surface area contributed by atoms with Crippen LogP contribution >= 0.6 is 15.9 Å². The van der Waals surface area contributed by atoms with Gasteiger partial charge >= 0.3 is 5.97 Å². The number of carboxylic acid groups (broad SMARTS) is 1. The molecule has 0 bridgehead atoms. The molecular formula is C15H11BrO3. The molecule has 1 N–H and O–H groups in total. The van der Waals surface area contributed by atoms with Crippen molar-refractivity contribution in [1.29, 1.82) is 0 Å². The molecule has 3 nitrogen and oxygen atoms in total. The zero-order valence-corrected chi connectivity index (χ0v) is 11.5. The molecule has 0 aromatic heterocycles. The lowest BCUT2D eigenvalue weighted by Crippen LogP contribution is -2.04. The number of benzene rings is 2. The fraction of sp³-hybridized carbons (Fsp3) is 0. The maximum absolute atomic E-state index is 11.4. The van der Waals surface area contributed by atoms with Crippen LogP contribution in [0.1, 0.15) is 5.56 Å². The van der Waals surface area contributed by atoms with E-state index in [4.69, 9.17) is 4.74 Å². The number of aliphatic carboxylic acids is 1. The van der Waals surface area contributed by atoms with E-state index in [0.717, 1.165) is 0 Å². The van der Waals surface area contributed by atoms with Crippen molar-refractivity contribution in [2.24, 2.45) is 0 Å². The summed E-state index contributed by atoms with van der Waals surface area (Å²) in [5.74, 6) is -0.474. The van der Waals surface area contributed by atoms with Crippen LogP contribution in [0.15, 0.2) is 65.3 Å². The van der Waals surface area contributed by atoms with Crippen LogP contribution in [0.2, 0.25) is 0 Å². The molecule has 4 heteroatoms. The number of hydrogen-bond donors (Lipinski definition) is 1. The molecule has 2 aromatic rings. The van der Waals surface area contributed by atoms with Gasteiger partial charge in [-0.05, 0) is 33.6 Å². The van der Waals surface area contributed by atoms with Gasteiger partial charge in [-0.25, -0.2) is 4.79 Å². The molecule has 0 fully saturated rings. The van der Waals surface area contributed by atoms with E-state index < -0.39 is 5.97 Å². The lowest BCUT2D eigenvalue weighted by molar-refractivity contribution is -0.130. The molecule has 0 saturated heterocycles. The minimum absolute atomic E-state index is 0.0875. The van der Waals surface area contributed by atoms with Crippen molar-refractivity contribution in [1.82, 2.24) is 0 Å². The van der Waals surface area contributed by atoms with E-state index in [1.54, 1.807) is 36.4 Å². The van der Waals surface area contributed by atoms with Gasteiger partial charge in [0, 0.05) is 0 Å². The van der Waals surface area contributed by atoms with Crippen molar-refractivity contribution in [3.05, 3.63) is 70.9 Å². The number of hydrogen-bond acceptors (Lipinski definition) is 2. The Morgan fingerprint density at radius 3 is 2.00 bits per heavy atom. The summed E-state index contributed by atoms with van der Waals surface area (Å²) < 4.78 is 5.69. The number of carboxylic acids is 1. The molecule has 0 aliphatic rings. The molecule has 0 aliphatic carbocycles. The summed E-state index contributed by atoms with van der Waals surface area (Å²) in [5.41, 5.74) is 0.669. The molecule has 0 unspecified atom stereocenters. The second kappa shape index (κ2) is 6.20. The van der Waals surface area contributed by atoms with E-state index in [1.165, 1.54) is 0 Å². The second-order valence-electron chi connectivity index (χ2n) is 3.73. The van der Waals surface area contributed by atoms with E-state index >= 15 is 0 Å². The average molecular weight is 319 g/mol. The Labute approximate surface area is 119 Å². The van der Waals surface area contributed by atoms with E-state index in [-0.39, 0.29) is 10.2 Å². The highest BCUT2D eigenvalue weighted by atomic mass is 79.9. The van der Waals surface area contributed by atoms with Crippen molar-refractivity contribution < 1.29 is 14.6 Å². The first-order chi connectivity index (χ1) is 9.18. The molecule has 0 amide bonds. The number of carbonyl (C=O) groups is 1. The van der Waals surface area contributed by atoms with Gasteiger partial charge in [-0.2, -0.15) is 0 Å². The molecular weight excluding hydrogens is 308 g/mol. The summed E-state index contributed by atoms with van der Waals surface area (Å²) in [4.78, 5) is 11.4. The van der Waals surface area contributed by atoms with Crippen LogP contribution in [0.3, 0.4) is 0 Å². The Morgan fingerprint density at radius 2 is 1.47 bits per heavy atom. The predicted octanol–water partition coefficient (Wildman–Crippen LogP) is 3.91. The standard InChI is InChI=1S/C15H11BrO3/c16-14(19-12-9-5-2-6-10-12)13(15(17)18)11-7-3-1-4-8-11/h1-10H,(H,17,18). The quantitative estimate of drug-likeness (QED) is 0.686. The molecule has 2 rings (SSSR count). The first-order valence-corrected chi connectivity index (χ1v) is 6.39. The monoisotopic (exact) mass is 318 g/mol. The first-order valence-electron chi connectivity index (χ1n) is 5.60. The summed E-state index contributed by atoms with van der Waals surface area (Å²) in [6.45, 7) is 0. The SMILES string of the molecule is O=C(O)C(=C(Br)Oc1ccccc1)c1ccccc1. The molecule has 0 heterocycles. The number of ether oxygens (including phenoxy) is 1. The molecule has 19 heavy (non-hydrogen) atoms. The highest BCUT2D eigenvalue weighted by Gasteiger charge is 2.16. The normalized spacial score (nSPS) is 11.6. The van der Waals surface area contributed by atoms with Crippen LogP contribution < -0.4 is 4.74 Å². The Balaban J connectivity index is 2.37. The van der Waals surface area contributed by atoms with Crippen molar-refractivity contribution in [3.8, 4) is 5.75 Å². The minimum atomic E-state index is -1.05. The van der Waals surface area contributed by atoms with Crippen LogP contribution in [-0.2, 0) is 4.79 Å². The Bertz CT molecular complexity index is 591.